The highest BCUT2D eigenvalue weighted by atomic mass is 35.5. The van der Waals surface area contributed by atoms with Crippen molar-refractivity contribution in [3.8, 4) is 5.75 Å². The molecule has 2 aromatic carbocycles. The van der Waals surface area contributed by atoms with Gasteiger partial charge in [-0.3, -0.25) is 0 Å². The van der Waals surface area contributed by atoms with E-state index in [4.69, 9.17) is 11.6 Å². The number of phenols is 1. The summed E-state index contributed by atoms with van der Waals surface area (Å²) in [6.45, 7) is 4.77. The molecule has 0 aliphatic heterocycles. The average Bonchev–Trinajstić information content (AvgIpc) is 2.40. The molecule has 3 heteroatoms. The van der Waals surface area contributed by atoms with E-state index in [1.165, 1.54) is 11.1 Å². The van der Waals surface area contributed by atoms with E-state index in [0.29, 0.717) is 11.6 Å². The summed E-state index contributed by atoms with van der Waals surface area (Å²) in [5.74, 6) is 0.160. The van der Waals surface area contributed by atoms with Gasteiger partial charge in [0.25, 0.3) is 0 Å². The summed E-state index contributed by atoms with van der Waals surface area (Å²) in [5, 5.41) is 13.6. The first kappa shape index (κ1) is 13.9. The van der Waals surface area contributed by atoms with Crippen LogP contribution in [0.1, 0.15) is 29.7 Å². The molecular weight excluding hydrogens is 258 g/mol. The molecule has 0 saturated carbocycles. The fraction of sp³-hybridized carbons (Fsp3) is 0.250. The molecule has 0 saturated heterocycles. The minimum atomic E-state index is 0.160. The Bertz CT molecular complexity index is 568. The third-order valence-electron chi connectivity index (χ3n) is 3.21. The molecule has 0 fully saturated rings. The van der Waals surface area contributed by atoms with Crippen LogP contribution in [0.4, 0.5) is 0 Å². The lowest BCUT2D eigenvalue weighted by atomic mass is 10.1. The molecule has 0 aliphatic rings. The first-order valence-electron chi connectivity index (χ1n) is 6.34. The van der Waals surface area contributed by atoms with E-state index < -0.39 is 0 Å². The fourth-order valence-electron chi connectivity index (χ4n) is 2.02. The number of para-hydroxylation sites is 1. The van der Waals surface area contributed by atoms with E-state index in [1.54, 1.807) is 6.07 Å². The SMILES string of the molecule is Cc1cccc([C@H](C)NCc2cccc(Cl)c2O)c1. The van der Waals surface area contributed by atoms with Gasteiger partial charge in [-0.2, -0.15) is 0 Å². The summed E-state index contributed by atoms with van der Waals surface area (Å²) < 4.78 is 0. The Balaban J connectivity index is 2.04. The van der Waals surface area contributed by atoms with Gasteiger partial charge in [-0.15, -0.1) is 0 Å². The van der Waals surface area contributed by atoms with E-state index in [2.05, 4.69) is 43.4 Å². The predicted octanol–water partition coefficient (Wildman–Crippen LogP) is 4.20. The Hall–Kier alpha value is -1.51. The second-order valence-corrected chi connectivity index (χ2v) is 5.17. The Morgan fingerprint density at radius 3 is 2.68 bits per heavy atom. The van der Waals surface area contributed by atoms with Crippen molar-refractivity contribution in [3.05, 3.63) is 64.2 Å². The second kappa shape index (κ2) is 6.09. The number of aromatic hydroxyl groups is 1. The van der Waals surface area contributed by atoms with Crippen molar-refractivity contribution in [1.29, 1.82) is 0 Å². The third-order valence-corrected chi connectivity index (χ3v) is 3.52. The van der Waals surface area contributed by atoms with Crippen LogP contribution in [-0.4, -0.2) is 5.11 Å². The Kier molecular flexibility index (Phi) is 4.46. The molecule has 0 amide bonds. The van der Waals surface area contributed by atoms with Gasteiger partial charge in [0.05, 0.1) is 5.02 Å². The van der Waals surface area contributed by atoms with Crippen molar-refractivity contribution in [2.24, 2.45) is 0 Å². The molecule has 0 unspecified atom stereocenters. The largest absolute Gasteiger partial charge is 0.506 e. The molecule has 2 N–H and O–H groups in total. The highest BCUT2D eigenvalue weighted by Gasteiger charge is 2.08. The maximum Gasteiger partial charge on any atom is 0.138 e. The van der Waals surface area contributed by atoms with Gasteiger partial charge >= 0.3 is 0 Å². The van der Waals surface area contributed by atoms with Crippen LogP contribution in [0.15, 0.2) is 42.5 Å². The van der Waals surface area contributed by atoms with Crippen LogP contribution in [0, 0.1) is 6.92 Å². The van der Waals surface area contributed by atoms with Crippen molar-refractivity contribution < 1.29 is 5.11 Å². The molecule has 100 valence electrons. The number of rotatable bonds is 4. The molecule has 0 spiro atoms. The Morgan fingerprint density at radius 1 is 1.21 bits per heavy atom. The number of benzene rings is 2. The number of hydrogen-bond acceptors (Lipinski definition) is 2. The summed E-state index contributed by atoms with van der Waals surface area (Å²) in [7, 11) is 0. The minimum Gasteiger partial charge on any atom is -0.506 e. The van der Waals surface area contributed by atoms with Gasteiger partial charge in [0.2, 0.25) is 0 Å². The maximum absolute atomic E-state index is 9.85. The standard InChI is InChI=1S/C16H18ClNO/c1-11-5-3-6-13(9-11)12(2)18-10-14-7-4-8-15(17)16(14)19/h3-9,12,18-19H,10H2,1-2H3/t12-/m0/s1. The first-order chi connectivity index (χ1) is 9.08. The van der Waals surface area contributed by atoms with Gasteiger partial charge < -0.3 is 10.4 Å². The smallest absolute Gasteiger partial charge is 0.138 e. The Labute approximate surface area is 119 Å². The number of phenolic OH excluding ortho intramolecular Hbond substituents is 1. The van der Waals surface area contributed by atoms with Gasteiger partial charge in [-0.25, -0.2) is 0 Å². The zero-order chi connectivity index (χ0) is 13.8. The second-order valence-electron chi connectivity index (χ2n) is 4.76. The van der Waals surface area contributed by atoms with Crippen LogP contribution in [0.3, 0.4) is 0 Å². The fourth-order valence-corrected chi connectivity index (χ4v) is 2.22. The van der Waals surface area contributed by atoms with Gasteiger partial charge in [0.15, 0.2) is 0 Å². The molecular formula is C16H18ClNO. The number of nitrogens with one attached hydrogen (secondary N) is 1. The van der Waals surface area contributed by atoms with Crippen LogP contribution >= 0.6 is 11.6 Å². The van der Waals surface area contributed by atoms with Crippen molar-refractivity contribution in [3.63, 3.8) is 0 Å². The predicted molar refractivity (Wildman–Crippen MR) is 79.6 cm³/mol. The summed E-state index contributed by atoms with van der Waals surface area (Å²) in [4.78, 5) is 0. The zero-order valence-corrected chi connectivity index (χ0v) is 11.9. The van der Waals surface area contributed by atoms with Crippen LogP contribution in [-0.2, 0) is 6.54 Å². The lowest BCUT2D eigenvalue weighted by Crippen LogP contribution is -2.18. The number of aryl methyl sites for hydroxylation is 1. The quantitative estimate of drug-likeness (QED) is 0.876. The van der Waals surface area contributed by atoms with Crippen molar-refractivity contribution in [1.82, 2.24) is 5.32 Å². The summed E-state index contributed by atoms with van der Waals surface area (Å²) in [5.41, 5.74) is 3.30. The van der Waals surface area contributed by atoms with Gasteiger partial charge in [0.1, 0.15) is 5.75 Å². The number of halogens is 1. The van der Waals surface area contributed by atoms with E-state index in [0.717, 1.165) is 5.56 Å². The summed E-state index contributed by atoms with van der Waals surface area (Å²) >= 11 is 5.89. The highest BCUT2D eigenvalue weighted by molar-refractivity contribution is 6.32. The molecule has 0 aliphatic carbocycles. The van der Waals surface area contributed by atoms with E-state index in [-0.39, 0.29) is 11.8 Å². The highest BCUT2D eigenvalue weighted by Crippen LogP contribution is 2.27. The van der Waals surface area contributed by atoms with Crippen LogP contribution < -0.4 is 5.32 Å². The molecule has 2 aromatic rings. The molecule has 19 heavy (non-hydrogen) atoms. The molecule has 0 aromatic heterocycles. The number of hydrogen-bond donors (Lipinski definition) is 2. The molecule has 2 rings (SSSR count). The first-order valence-corrected chi connectivity index (χ1v) is 6.72. The molecule has 2 nitrogen and oxygen atoms in total. The topological polar surface area (TPSA) is 32.3 Å². The average molecular weight is 276 g/mol. The van der Waals surface area contributed by atoms with Crippen LogP contribution in [0.5, 0.6) is 5.75 Å². The Morgan fingerprint density at radius 2 is 1.95 bits per heavy atom. The lowest BCUT2D eigenvalue weighted by Gasteiger charge is -2.15. The van der Waals surface area contributed by atoms with Crippen molar-refractivity contribution in [2.75, 3.05) is 0 Å². The van der Waals surface area contributed by atoms with E-state index >= 15 is 0 Å². The summed E-state index contributed by atoms with van der Waals surface area (Å²) in [6.07, 6.45) is 0. The minimum absolute atomic E-state index is 0.160. The molecule has 0 bridgehead atoms. The third kappa shape index (κ3) is 3.49. The zero-order valence-electron chi connectivity index (χ0n) is 11.2. The summed E-state index contributed by atoms with van der Waals surface area (Å²) in [6, 6.07) is 14.0. The normalized spacial score (nSPS) is 12.4. The van der Waals surface area contributed by atoms with Crippen molar-refractivity contribution in [2.45, 2.75) is 26.4 Å². The monoisotopic (exact) mass is 275 g/mol. The van der Waals surface area contributed by atoms with E-state index in [1.807, 2.05) is 12.1 Å². The van der Waals surface area contributed by atoms with Gasteiger partial charge in [-0.1, -0.05) is 53.6 Å². The van der Waals surface area contributed by atoms with Gasteiger partial charge in [-0.05, 0) is 25.5 Å². The maximum atomic E-state index is 9.85. The van der Waals surface area contributed by atoms with Crippen LogP contribution in [0.2, 0.25) is 5.02 Å². The lowest BCUT2D eigenvalue weighted by molar-refractivity contribution is 0.460. The van der Waals surface area contributed by atoms with E-state index in [9.17, 15) is 5.11 Å². The molecule has 0 heterocycles. The molecule has 0 radical (unpaired) electrons. The molecule has 1 atom stereocenters. The van der Waals surface area contributed by atoms with Gasteiger partial charge in [0, 0.05) is 18.2 Å². The van der Waals surface area contributed by atoms with Crippen molar-refractivity contribution >= 4 is 11.6 Å². The van der Waals surface area contributed by atoms with Crippen LogP contribution in [0.25, 0.3) is 0 Å².